The number of benzene rings is 4. The van der Waals surface area contributed by atoms with E-state index in [0.29, 0.717) is 23.7 Å². The Hall–Kier alpha value is -5.48. The van der Waals surface area contributed by atoms with Crippen LogP contribution in [0, 0.1) is 0 Å². The van der Waals surface area contributed by atoms with Gasteiger partial charge in [0.25, 0.3) is 0 Å². The number of fused-ring (bicyclic) bond motifs is 4. The molecule has 0 aliphatic heterocycles. The third-order valence-corrected chi connectivity index (χ3v) is 9.13. The number of nitrogens with zero attached hydrogens (tertiary/aromatic N) is 4. The molecule has 0 aliphatic rings. The van der Waals surface area contributed by atoms with E-state index in [2.05, 4.69) is 178 Å². The summed E-state index contributed by atoms with van der Waals surface area (Å²) in [6, 6.07) is 39.7. The molecule has 4 aromatic heterocycles. The Labute approximate surface area is 310 Å². The SMILES string of the molecule is CC(C)c1ccnc2ccccc12.CC(C)c1cncc2ccccc12.CC(C)c1nccc2ccccc12.CC(C)c1nccc2ccccc12. The molecule has 4 heteroatoms. The van der Waals surface area contributed by atoms with Crippen LogP contribution in [-0.2, 0) is 0 Å². The maximum atomic E-state index is 4.41. The number of hydrogen-bond acceptors (Lipinski definition) is 4. The van der Waals surface area contributed by atoms with Gasteiger partial charge in [-0.1, -0.05) is 146 Å². The Kier molecular flexibility index (Phi) is 13.2. The smallest absolute Gasteiger partial charge is 0.0704 e. The predicted molar refractivity (Wildman–Crippen MR) is 223 cm³/mol. The molecule has 4 heterocycles. The highest BCUT2D eigenvalue weighted by molar-refractivity contribution is 5.86. The molecule has 4 nitrogen and oxygen atoms in total. The molecule has 0 atom stereocenters. The van der Waals surface area contributed by atoms with E-state index in [0.717, 1.165) is 5.52 Å². The van der Waals surface area contributed by atoms with Gasteiger partial charge >= 0.3 is 0 Å². The molecule has 0 unspecified atom stereocenters. The predicted octanol–water partition coefficient (Wildman–Crippen LogP) is 13.4. The normalized spacial score (nSPS) is 11.0. The molecule has 0 saturated carbocycles. The number of aromatic nitrogens is 4. The van der Waals surface area contributed by atoms with Crippen LogP contribution in [0.15, 0.2) is 146 Å². The first kappa shape index (κ1) is 37.8. The van der Waals surface area contributed by atoms with Crippen molar-refractivity contribution >= 4 is 43.2 Å². The highest BCUT2D eigenvalue weighted by Gasteiger charge is 2.07. The molecule has 264 valence electrons. The monoisotopic (exact) mass is 684 g/mol. The first-order valence-electron chi connectivity index (χ1n) is 18.5. The van der Waals surface area contributed by atoms with Crippen LogP contribution < -0.4 is 0 Å². The van der Waals surface area contributed by atoms with E-state index < -0.39 is 0 Å². The molecule has 0 radical (unpaired) electrons. The fraction of sp³-hybridized carbons (Fsp3) is 0.250. The molecular formula is C48H52N4. The van der Waals surface area contributed by atoms with Gasteiger partial charge in [-0.25, -0.2) is 0 Å². The maximum Gasteiger partial charge on any atom is 0.0704 e. The number of pyridine rings is 4. The Bertz CT molecular complexity index is 1980. The largest absolute Gasteiger partial charge is 0.264 e. The van der Waals surface area contributed by atoms with Gasteiger partial charge in [-0.3, -0.25) is 19.9 Å². The Morgan fingerprint density at radius 3 is 1.31 bits per heavy atom. The topological polar surface area (TPSA) is 51.6 Å². The highest BCUT2D eigenvalue weighted by Crippen LogP contribution is 2.26. The Morgan fingerprint density at radius 1 is 0.346 bits per heavy atom. The van der Waals surface area contributed by atoms with Crippen molar-refractivity contribution in [2.45, 2.75) is 79.1 Å². The van der Waals surface area contributed by atoms with Crippen molar-refractivity contribution in [1.29, 1.82) is 0 Å². The van der Waals surface area contributed by atoms with Gasteiger partial charge < -0.3 is 0 Å². The van der Waals surface area contributed by atoms with Crippen LogP contribution in [0.25, 0.3) is 43.2 Å². The lowest BCUT2D eigenvalue weighted by atomic mass is 9.99. The molecule has 4 aromatic carbocycles. The molecule has 0 amide bonds. The molecule has 8 aromatic rings. The summed E-state index contributed by atoms with van der Waals surface area (Å²) in [6.07, 6.45) is 9.54. The van der Waals surface area contributed by atoms with E-state index in [-0.39, 0.29) is 0 Å². The molecule has 0 spiro atoms. The molecular weight excluding hydrogens is 633 g/mol. The van der Waals surface area contributed by atoms with Gasteiger partial charge in [0, 0.05) is 52.5 Å². The second-order valence-corrected chi connectivity index (χ2v) is 14.3. The minimum Gasteiger partial charge on any atom is -0.264 e. The van der Waals surface area contributed by atoms with Gasteiger partial charge in [-0.15, -0.1) is 0 Å². The summed E-state index contributed by atoms with van der Waals surface area (Å²) in [7, 11) is 0. The second-order valence-electron chi connectivity index (χ2n) is 14.3. The summed E-state index contributed by atoms with van der Waals surface area (Å²) < 4.78 is 0. The zero-order chi connectivity index (χ0) is 37.0. The van der Waals surface area contributed by atoms with Gasteiger partial charge in [0.05, 0.1) is 16.9 Å². The summed E-state index contributed by atoms with van der Waals surface area (Å²) in [5.41, 5.74) is 6.19. The maximum absolute atomic E-state index is 4.41. The van der Waals surface area contributed by atoms with E-state index in [9.17, 15) is 0 Å². The lowest BCUT2D eigenvalue weighted by molar-refractivity contribution is 0.834. The van der Waals surface area contributed by atoms with Gasteiger partial charge in [0.2, 0.25) is 0 Å². The minimum atomic E-state index is 0.492. The van der Waals surface area contributed by atoms with Crippen LogP contribution in [0.5, 0.6) is 0 Å². The number of rotatable bonds is 4. The van der Waals surface area contributed by atoms with E-state index >= 15 is 0 Å². The van der Waals surface area contributed by atoms with Gasteiger partial charge in [0.15, 0.2) is 0 Å². The van der Waals surface area contributed by atoms with Crippen LogP contribution >= 0.6 is 0 Å². The summed E-state index contributed by atoms with van der Waals surface area (Å²) in [6.45, 7) is 17.5. The van der Waals surface area contributed by atoms with Crippen molar-refractivity contribution < 1.29 is 0 Å². The van der Waals surface area contributed by atoms with Crippen LogP contribution in [0.1, 0.15) is 102 Å². The van der Waals surface area contributed by atoms with Crippen molar-refractivity contribution in [2.75, 3.05) is 0 Å². The molecule has 0 bridgehead atoms. The minimum absolute atomic E-state index is 0.492. The zero-order valence-electron chi connectivity index (χ0n) is 32.0. The quantitative estimate of drug-likeness (QED) is 0.185. The van der Waals surface area contributed by atoms with Gasteiger partial charge in [0.1, 0.15) is 0 Å². The van der Waals surface area contributed by atoms with E-state index in [1.54, 1.807) is 0 Å². The van der Waals surface area contributed by atoms with Crippen LogP contribution in [0.4, 0.5) is 0 Å². The average Bonchev–Trinajstić information content (AvgIpc) is 3.17. The lowest BCUT2D eigenvalue weighted by Crippen LogP contribution is -1.92. The molecule has 0 N–H and O–H groups in total. The van der Waals surface area contributed by atoms with Crippen molar-refractivity contribution in [3.63, 3.8) is 0 Å². The summed E-state index contributed by atoms with van der Waals surface area (Å²) in [4.78, 5) is 17.4. The molecule has 0 saturated heterocycles. The fourth-order valence-electron chi connectivity index (χ4n) is 6.43. The molecule has 0 aliphatic carbocycles. The standard InChI is InChI=1S/4C12H13N/c1-9(2)12-8-13-7-10-5-3-4-6-11(10)12;1-9(2)10-7-8-13-12-6-4-3-5-11(10)12;2*1-9(2)12-11-6-4-3-5-10(11)7-8-13-12/h4*3-9H,1-2H3. The zero-order valence-corrected chi connectivity index (χ0v) is 32.0. The van der Waals surface area contributed by atoms with Crippen molar-refractivity contribution in [3.8, 4) is 0 Å². The highest BCUT2D eigenvalue weighted by atomic mass is 14.7. The summed E-state index contributed by atoms with van der Waals surface area (Å²) in [5.74, 6) is 2.09. The van der Waals surface area contributed by atoms with Crippen LogP contribution in [-0.4, -0.2) is 19.9 Å². The second kappa shape index (κ2) is 18.1. The van der Waals surface area contributed by atoms with Crippen LogP contribution in [0.2, 0.25) is 0 Å². The molecule has 52 heavy (non-hydrogen) atoms. The summed E-state index contributed by atoms with van der Waals surface area (Å²) in [5, 5.41) is 8.95. The third kappa shape index (κ3) is 9.44. The van der Waals surface area contributed by atoms with E-state index in [1.807, 2.05) is 43.1 Å². The third-order valence-electron chi connectivity index (χ3n) is 9.13. The Balaban J connectivity index is 0.000000134. The lowest BCUT2D eigenvalue weighted by Gasteiger charge is -2.08. The van der Waals surface area contributed by atoms with Gasteiger partial charge in [-0.05, 0) is 75.2 Å². The van der Waals surface area contributed by atoms with Crippen molar-refractivity contribution in [2.24, 2.45) is 0 Å². The van der Waals surface area contributed by atoms with Crippen molar-refractivity contribution in [1.82, 2.24) is 19.9 Å². The van der Waals surface area contributed by atoms with Crippen molar-refractivity contribution in [3.05, 3.63) is 169 Å². The van der Waals surface area contributed by atoms with Crippen LogP contribution in [0.3, 0.4) is 0 Å². The average molecular weight is 685 g/mol. The van der Waals surface area contributed by atoms with Gasteiger partial charge in [-0.2, -0.15) is 0 Å². The fourth-order valence-corrected chi connectivity index (χ4v) is 6.43. The first-order chi connectivity index (χ1) is 25.2. The first-order valence-corrected chi connectivity index (χ1v) is 18.5. The number of para-hydroxylation sites is 1. The van der Waals surface area contributed by atoms with E-state index in [1.165, 1.54) is 60.2 Å². The molecule has 8 rings (SSSR count). The number of hydrogen-bond donors (Lipinski definition) is 0. The molecule has 0 fully saturated rings. The summed E-state index contributed by atoms with van der Waals surface area (Å²) >= 11 is 0. The Morgan fingerprint density at radius 2 is 0.788 bits per heavy atom. The van der Waals surface area contributed by atoms with E-state index in [4.69, 9.17) is 0 Å².